The van der Waals surface area contributed by atoms with Gasteiger partial charge in [0.25, 0.3) is 0 Å². The van der Waals surface area contributed by atoms with Crippen LogP contribution in [0.5, 0.6) is 0 Å². The molecule has 0 aromatic carbocycles. The quantitative estimate of drug-likeness (QED) is 0.569. The van der Waals surface area contributed by atoms with E-state index in [1.165, 1.54) is 7.11 Å². The maximum absolute atomic E-state index is 11.3. The molecule has 1 aromatic heterocycles. The number of carboxylic acid groups (broad SMARTS) is 1. The summed E-state index contributed by atoms with van der Waals surface area (Å²) in [5.41, 5.74) is 1.40. The van der Waals surface area contributed by atoms with Crippen LogP contribution in [0.2, 0.25) is 0 Å². The molecule has 0 amide bonds. The maximum Gasteiger partial charge on any atom is 0.339 e. The molecule has 0 spiro atoms. The number of rotatable bonds is 6. The Balaban J connectivity index is 2.45. The molecule has 0 atom stereocenters. The number of nitrogens with one attached hydrogen (secondary N) is 1. The Kier molecular flexibility index (Phi) is 4.57. The van der Waals surface area contributed by atoms with Crippen molar-refractivity contribution < 1.29 is 19.4 Å². The molecule has 5 heteroatoms. The van der Waals surface area contributed by atoms with Crippen LogP contribution in [0, 0.1) is 0 Å². The molecule has 16 heavy (non-hydrogen) atoms. The third-order valence-corrected chi connectivity index (χ3v) is 2.32. The molecule has 0 aliphatic carbocycles. The number of aromatic amines is 1. The lowest BCUT2D eigenvalue weighted by atomic mass is 10.1. The molecular weight excluding hydrogens is 210 g/mol. The van der Waals surface area contributed by atoms with Gasteiger partial charge in [-0.05, 0) is 24.8 Å². The van der Waals surface area contributed by atoms with Crippen LogP contribution in [-0.4, -0.2) is 29.1 Å². The number of carboxylic acids is 1. The van der Waals surface area contributed by atoms with Gasteiger partial charge in [-0.15, -0.1) is 0 Å². The van der Waals surface area contributed by atoms with Crippen molar-refractivity contribution >= 4 is 11.9 Å². The van der Waals surface area contributed by atoms with Gasteiger partial charge >= 0.3 is 11.9 Å². The van der Waals surface area contributed by atoms with Crippen LogP contribution in [0.1, 0.15) is 35.2 Å². The highest BCUT2D eigenvalue weighted by atomic mass is 16.5. The van der Waals surface area contributed by atoms with Gasteiger partial charge in [-0.3, -0.25) is 4.79 Å². The average molecular weight is 225 g/mol. The number of aromatic nitrogens is 1. The summed E-state index contributed by atoms with van der Waals surface area (Å²) in [6.45, 7) is 0. The van der Waals surface area contributed by atoms with E-state index in [2.05, 4.69) is 9.72 Å². The molecular formula is C11H15NO4. The molecule has 88 valence electrons. The van der Waals surface area contributed by atoms with Crippen LogP contribution >= 0.6 is 0 Å². The Morgan fingerprint density at radius 3 is 2.75 bits per heavy atom. The lowest BCUT2D eigenvalue weighted by molar-refractivity contribution is -0.137. The zero-order chi connectivity index (χ0) is 12.0. The van der Waals surface area contributed by atoms with E-state index >= 15 is 0 Å². The van der Waals surface area contributed by atoms with Gasteiger partial charge in [-0.25, -0.2) is 4.79 Å². The number of hydrogen-bond donors (Lipinski definition) is 2. The molecule has 0 saturated carbocycles. The van der Waals surface area contributed by atoms with Gasteiger partial charge in [0, 0.05) is 18.8 Å². The first-order chi connectivity index (χ1) is 7.65. The van der Waals surface area contributed by atoms with Crippen molar-refractivity contribution in [1.82, 2.24) is 4.98 Å². The molecule has 1 rings (SSSR count). The summed E-state index contributed by atoms with van der Waals surface area (Å²) in [5.74, 6) is -1.16. The molecule has 0 unspecified atom stereocenters. The zero-order valence-corrected chi connectivity index (χ0v) is 9.16. The Labute approximate surface area is 93.4 Å². The molecule has 0 aliphatic rings. The van der Waals surface area contributed by atoms with Gasteiger partial charge in [0.05, 0.1) is 12.7 Å². The summed E-state index contributed by atoms with van der Waals surface area (Å²) in [6, 6.07) is 0. The van der Waals surface area contributed by atoms with Gasteiger partial charge < -0.3 is 14.8 Å². The minimum Gasteiger partial charge on any atom is -0.481 e. The predicted octanol–water partition coefficient (Wildman–Crippen LogP) is 1.60. The molecule has 1 aromatic rings. The fourth-order valence-electron chi connectivity index (χ4n) is 1.49. The van der Waals surface area contributed by atoms with E-state index in [1.807, 2.05) is 0 Å². The fraction of sp³-hybridized carbons (Fsp3) is 0.455. The third-order valence-electron chi connectivity index (χ3n) is 2.32. The van der Waals surface area contributed by atoms with Crippen LogP contribution in [0.25, 0.3) is 0 Å². The number of carbonyl (C=O) groups excluding carboxylic acids is 1. The van der Waals surface area contributed by atoms with E-state index in [4.69, 9.17) is 5.11 Å². The number of aryl methyl sites for hydroxylation is 1. The van der Waals surface area contributed by atoms with E-state index in [9.17, 15) is 9.59 Å². The van der Waals surface area contributed by atoms with E-state index < -0.39 is 5.97 Å². The lowest BCUT2D eigenvalue weighted by Gasteiger charge is -2.01. The second kappa shape index (κ2) is 5.95. The van der Waals surface area contributed by atoms with E-state index in [1.54, 1.807) is 12.4 Å². The standard InChI is InChI=1S/C11H15NO4/c1-16-11(15)9-7-12-6-8(9)4-2-3-5-10(13)14/h6-7,12H,2-5H2,1H3,(H,13,14). The average Bonchev–Trinajstić information content (AvgIpc) is 2.71. The number of unbranched alkanes of at least 4 members (excludes halogenated alkanes) is 1. The zero-order valence-electron chi connectivity index (χ0n) is 9.16. The Bertz CT molecular complexity index is 370. The van der Waals surface area contributed by atoms with Crippen LogP contribution < -0.4 is 0 Å². The third kappa shape index (κ3) is 3.42. The molecule has 0 saturated heterocycles. The Morgan fingerprint density at radius 2 is 2.12 bits per heavy atom. The first kappa shape index (κ1) is 12.3. The fourth-order valence-corrected chi connectivity index (χ4v) is 1.49. The first-order valence-electron chi connectivity index (χ1n) is 5.11. The monoisotopic (exact) mass is 225 g/mol. The molecule has 5 nitrogen and oxygen atoms in total. The van der Waals surface area contributed by atoms with Gasteiger partial charge in [-0.2, -0.15) is 0 Å². The molecule has 0 bridgehead atoms. The highest BCUT2D eigenvalue weighted by Crippen LogP contribution is 2.13. The van der Waals surface area contributed by atoms with Crippen molar-refractivity contribution in [3.05, 3.63) is 23.5 Å². The summed E-state index contributed by atoms with van der Waals surface area (Å²) in [5, 5.41) is 8.47. The first-order valence-corrected chi connectivity index (χ1v) is 5.11. The van der Waals surface area contributed by atoms with Crippen molar-refractivity contribution in [1.29, 1.82) is 0 Å². The van der Waals surface area contributed by atoms with Crippen molar-refractivity contribution in [2.75, 3.05) is 7.11 Å². The van der Waals surface area contributed by atoms with E-state index in [-0.39, 0.29) is 12.4 Å². The van der Waals surface area contributed by atoms with Crippen LogP contribution in [0.3, 0.4) is 0 Å². The minimum atomic E-state index is -0.790. The summed E-state index contributed by atoms with van der Waals surface area (Å²) in [4.78, 5) is 24.4. The smallest absolute Gasteiger partial charge is 0.339 e. The van der Waals surface area contributed by atoms with Crippen molar-refractivity contribution in [3.8, 4) is 0 Å². The molecule has 0 fully saturated rings. The molecule has 0 radical (unpaired) electrons. The summed E-state index contributed by atoms with van der Waals surface area (Å²) in [6.07, 6.45) is 5.54. The van der Waals surface area contributed by atoms with Gasteiger partial charge in [0.1, 0.15) is 0 Å². The van der Waals surface area contributed by atoms with Crippen LogP contribution in [0.4, 0.5) is 0 Å². The SMILES string of the molecule is COC(=O)c1c[nH]cc1CCCCC(=O)O. The highest BCUT2D eigenvalue weighted by molar-refractivity contribution is 5.90. The van der Waals surface area contributed by atoms with Crippen LogP contribution in [0.15, 0.2) is 12.4 Å². The van der Waals surface area contributed by atoms with Crippen molar-refractivity contribution in [2.45, 2.75) is 25.7 Å². The second-order valence-electron chi connectivity index (χ2n) is 3.49. The number of aliphatic carboxylic acids is 1. The number of H-pyrrole nitrogens is 1. The minimum absolute atomic E-state index is 0.165. The Hall–Kier alpha value is -1.78. The number of carbonyl (C=O) groups is 2. The van der Waals surface area contributed by atoms with Gasteiger partial charge in [-0.1, -0.05) is 0 Å². The largest absolute Gasteiger partial charge is 0.481 e. The van der Waals surface area contributed by atoms with Crippen LogP contribution in [-0.2, 0) is 16.0 Å². The Morgan fingerprint density at radius 1 is 1.38 bits per heavy atom. The summed E-state index contributed by atoms with van der Waals surface area (Å²) in [7, 11) is 1.34. The molecule has 1 heterocycles. The highest BCUT2D eigenvalue weighted by Gasteiger charge is 2.12. The predicted molar refractivity (Wildman–Crippen MR) is 57.3 cm³/mol. The number of hydrogen-bond acceptors (Lipinski definition) is 3. The molecule has 2 N–H and O–H groups in total. The maximum atomic E-state index is 11.3. The molecule has 0 aliphatic heterocycles. The van der Waals surface area contributed by atoms with Crippen molar-refractivity contribution in [3.63, 3.8) is 0 Å². The normalized spacial score (nSPS) is 10.1. The number of ether oxygens (including phenoxy) is 1. The van der Waals surface area contributed by atoms with Crippen molar-refractivity contribution in [2.24, 2.45) is 0 Å². The van der Waals surface area contributed by atoms with E-state index in [0.29, 0.717) is 18.4 Å². The van der Waals surface area contributed by atoms with Gasteiger partial charge in [0.2, 0.25) is 0 Å². The lowest BCUT2D eigenvalue weighted by Crippen LogP contribution is -2.03. The summed E-state index contributed by atoms with van der Waals surface area (Å²) >= 11 is 0. The number of methoxy groups -OCH3 is 1. The van der Waals surface area contributed by atoms with E-state index in [0.717, 1.165) is 12.0 Å². The number of esters is 1. The topological polar surface area (TPSA) is 79.4 Å². The summed E-state index contributed by atoms with van der Waals surface area (Å²) < 4.78 is 4.63. The second-order valence-corrected chi connectivity index (χ2v) is 3.49. The van der Waals surface area contributed by atoms with Gasteiger partial charge in [0.15, 0.2) is 0 Å².